The van der Waals surface area contributed by atoms with E-state index in [-0.39, 0.29) is 29.6 Å². The first kappa shape index (κ1) is 26.3. The molecule has 1 N–H and O–H groups in total. The number of benzene rings is 1. The summed E-state index contributed by atoms with van der Waals surface area (Å²) >= 11 is 0. The fourth-order valence-electron chi connectivity index (χ4n) is 4.82. The molecule has 2 rings (SSSR count). The summed E-state index contributed by atoms with van der Waals surface area (Å²) in [6.45, 7) is 9.09. The van der Waals surface area contributed by atoms with Gasteiger partial charge in [0, 0.05) is 36.8 Å². The fraction of sp³-hybridized carbons (Fsp3) is 0.692. The lowest BCUT2D eigenvalue weighted by Crippen LogP contribution is -2.61. The number of hydroxylamine groups is 2. The number of hydrogen-bond donors (Lipinski definition) is 1. The molecule has 32 heavy (non-hydrogen) atoms. The molecule has 180 valence electrons. The number of unbranched alkanes of at least 4 members (excludes halogenated alkanes) is 5. The molecule has 0 atom stereocenters. The van der Waals surface area contributed by atoms with E-state index < -0.39 is 5.97 Å². The van der Waals surface area contributed by atoms with Crippen LogP contribution in [0.4, 0.5) is 0 Å². The number of carbonyl (C=O) groups is 2. The van der Waals surface area contributed by atoms with Gasteiger partial charge in [-0.25, -0.2) is 0 Å². The van der Waals surface area contributed by atoms with Crippen LogP contribution in [0.5, 0.6) is 0 Å². The van der Waals surface area contributed by atoms with E-state index in [1.54, 1.807) is 0 Å². The zero-order chi connectivity index (χ0) is 23.6. The minimum atomic E-state index is -0.729. The van der Waals surface area contributed by atoms with Crippen LogP contribution in [0.1, 0.15) is 97.5 Å². The van der Waals surface area contributed by atoms with E-state index in [4.69, 9.17) is 14.7 Å². The molecule has 0 bridgehead atoms. The molecular formula is C26H41NO5. The molecule has 0 aliphatic carbocycles. The fourth-order valence-corrected chi connectivity index (χ4v) is 4.82. The van der Waals surface area contributed by atoms with Crippen LogP contribution in [0.2, 0.25) is 0 Å². The Morgan fingerprint density at radius 3 is 2.00 bits per heavy atom. The topological polar surface area (TPSA) is 76.1 Å². The Morgan fingerprint density at radius 2 is 1.44 bits per heavy atom. The third-order valence-electron chi connectivity index (χ3n) is 6.08. The Kier molecular flexibility index (Phi) is 10.2. The number of carboxylic acids is 1. The van der Waals surface area contributed by atoms with E-state index in [9.17, 15) is 9.59 Å². The highest BCUT2D eigenvalue weighted by molar-refractivity contribution is 5.69. The van der Waals surface area contributed by atoms with E-state index in [1.807, 2.05) is 18.2 Å². The average molecular weight is 448 g/mol. The number of carboxylic acid groups (broad SMARTS) is 1. The Hall–Kier alpha value is -1.92. The normalized spacial score (nSPS) is 18.4. The number of piperidine rings is 1. The van der Waals surface area contributed by atoms with Crippen molar-refractivity contribution in [2.24, 2.45) is 0 Å². The van der Waals surface area contributed by atoms with Crippen molar-refractivity contribution in [1.29, 1.82) is 0 Å². The predicted molar refractivity (Wildman–Crippen MR) is 125 cm³/mol. The molecule has 1 aromatic carbocycles. The second-order valence-electron chi connectivity index (χ2n) is 10.2. The first-order valence-corrected chi connectivity index (χ1v) is 12.0. The molecular weight excluding hydrogens is 406 g/mol. The van der Waals surface area contributed by atoms with Gasteiger partial charge in [-0.3, -0.25) is 14.4 Å². The zero-order valence-corrected chi connectivity index (χ0v) is 20.3. The van der Waals surface area contributed by atoms with Crippen molar-refractivity contribution in [3.8, 4) is 0 Å². The molecule has 0 spiro atoms. The van der Waals surface area contributed by atoms with Crippen LogP contribution in [-0.4, -0.2) is 39.3 Å². The number of esters is 1. The van der Waals surface area contributed by atoms with E-state index in [0.29, 0.717) is 13.0 Å². The summed E-state index contributed by atoms with van der Waals surface area (Å²) in [6.07, 6.45) is 7.57. The number of nitrogens with zero attached hydrogens (tertiary/aromatic N) is 1. The van der Waals surface area contributed by atoms with Crippen molar-refractivity contribution < 1.29 is 24.3 Å². The van der Waals surface area contributed by atoms with Gasteiger partial charge in [-0.05, 0) is 46.1 Å². The predicted octanol–water partition coefficient (Wildman–Crippen LogP) is 5.89. The standard InChI is InChI=1S/C26H41NO5/c1-25(2)18-22(32-24(30)17-13-8-6-5-7-12-16-23(28)29)19-26(3,4)27(25)31-20-21-14-10-9-11-15-21/h9-11,14-15,22H,5-8,12-13,16-20H2,1-4H3,(H,28,29). The molecule has 0 aromatic heterocycles. The van der Waals surface area contributed by atoms with E-state index >= 15 is 0 Å². The number of carbonyl (C=O) groups excluding carboxylic acids is 1. The van der Waals surface area contributed by atoms with Gasteiger partial charge in [0.25, 0.3) is 0 Å². The third kappa shape index (κ3) is 8.91. The maximum absolute atomic E-state index is 12.4. The van der Waals surface area contributed by atoms with Crippen LogP contribution in [0.3, 0.4) is 0 Å². The molecule has 1 saturated heterocycles. The molecule has 1 fully saturated rings. The van der Waals surface area contributed by atoms with Gasteiger partial charge < -0.3 is 9.84 Å². The van der Waals surface area contributed by atoms with Crippen LogP contribution in [0.25, 0.3) is 0 Å². The van der Waals surface area contributed by atoms with Gasteiger partial charge in [0.2, 0.25) is 0 Å². The minimum Gasteiger partial charge on any atom is -0.481 e. The maximum atomic E-state index is 12.4. The largest absolute Gasteiger partial charge is 0.481 e. The molecule has 0 amide bonds. The monoisotopic (exact) mass is 447 g/mol. The highest BCUT2D eigenvalue weighted by Crippen LogP contribution is 2.40. The summed E-state index contributed by atoms with van der Waals surface area (Å²) in [4.78, 5) is 29.2. The first-order valence-electron chi connectivity index (χ1n) is 12.0. The highest BCUT2D eigenvalue weighted by Gasteiger charge is 2.47. The SMILES string of the molecule is CC1(C)CC(OC(=O)CCCCCCCCC(=O)O)CC(C)(C)N1OCc1ccccc1. The summed E-state index contributed by atoms with van der Waals surface area (Å²) in [6, 6.07) is 10.1. The maximum Gasteiger partial charge on any atom is 0.306 e. The van der Waals surface area contributed by atoms with Gasteiger partial charge in [0.1, 0.15) is 6.10 Å². The molecule has 1 aliphatic rings. The molecule has 0 saturated carbocycles. The lowest BCUT2D eigenvalue weighted by Gasteiger charge is -2.53. The van der Waals surface area contributed by atoms with Gasteiger partial charge in [-0.15, -0.1) is 0 Å². The van der Waals surface area contributed by atoms with Crippen LogP contribution in [0.15, 0.2) is 30.3 Å². The van der Waals surface area contributed by atoms with Gasteiger partial charge in [0.05, 0.1) is 6.61 Å². The van der Waals surface area contributed by atoms with E-state index in [0.717, 1.165) is 56.9 Å². The van der Waals surface area contributed by atoms with Crippen molar-refractivity contribution in [3.05, 3.63) is 35.9 Å². The van der Waals surface area contributed by atoms with Crippen molar-refractivity contribution in [2.75, 3.05) is 0 Å². The number of ether oxygens (including phenoxy) is 1. The lowest BCUT2D eigenvalue weighted by atomic mass is 9.80. The van der Waals surface area contributed by atoms with Crippen molar-refractivity contribution >= 4 is 11.9 Å². The second kappa shape index (κ2) is 12.4. The second-order valence-corrected chi connectivity index (χ2v) is 10.2. The molecule has 1 aromatic rings. The molecule has 6 nitrogen and oxygen atoms in total. The van der Waals surface area contributed by atoms with Gasteiger partial charge >= 0.3 is 11.9 Å². The molecule has 6 heteroatoms. The van der Waals surface area contributed by atoms with E-state index in [2.05, 4.69) is 44.9 Å². The zero-order valence-electron chi connectivity index (χ0n) is 20.3. The van der Waals surface area contributed by atoms with Crippen LogP contribution < -0.4 is 0 Å². The smallest absolute Gasteiger partial charge is 0.306 e. The quantitative estimate of drug-likeness (QED) is 0.300. The Labute approximate surface area is 193 Å². The number of hydrogen-bond acceptors (Lipinski definition) is 5. The molecule has 1 aliphatic heterocycles. The summed E-state index contributed by atoms with van der Waals surface area (Å²) in [5.74, 6) is -0.848. The Morgan fingerprint density at radius 1 is 0.906 bits per heavy atom. The first-order chi connectivity index (χ1) is 15.1. The van der Waals surface area contributed by atoms with Crippen LogP contribution in [-0.2, 0) is 25.8 Å². The van der Waals surface area contributed by atoms with Crippen molar-refractivity contribution in [2.45, 2.75) is 116 Å². The van der Waals surface area contributed by atoms with Gasteiger partial charge in [-0.2, -0.15) is 5.06 Å². The minimum absolute atomic E-state index is 0.111. The van der Waals surface area contributed by atoms with Crippen LogP contribution in [0, 0.1) is 0 Å². The summed E-state index contributed by atoms with van der Waals surface area (Å²) in [5, 5.41) is 10.7. The Balaban J connectivity index is 1.72. The van der Waals surface area contributed by atoms with Crippen LogP contribution >= 0.6 is 0 Å². The third-order valence-corrected chi connectivity index (χ3v) is 6.08. The summed E-state index contributed by atoms with van der Waals surface area (Å²) in [5.41, 5.74) is 0.629. The van der Waals surface area contributed by atoms with Gasteiger partial charge in [0.15, 0.2) is 0 Å². The summed E-state index contributed by atoms with van der Waals surface area (Å²) in [7, 11) is 0. The number of aliphatic carboxylic acids is 1. The van der Waals surface area contributed by atoms with Gasteiger partial charge in [-0.1, -0.05) is 56.0 Å². The Bertz CT molecular complexity index is 698. The molecule has 0 unspecified atom stereocenters. The molecule has 0 radical (unpaired) electrons. The van der Waals surface area contributed by atoms with E-state index in [1.165, 1.54) is 0 Å². The highest BCUT2D eigenvalue weighted by atomic mass is 16.7. The lowest BCUT2D eigenvalue weighted by molar-refractivity contribution is -0.299. The average Bonchev–Trinajstić information content (AvgIpc) is 2.68. The molecule has 1 heterocycles. The number of rotatable bonds is 13. The summed E-state index contributed by atoms with van der Waals surface area (Å²) < 4.78 is 5.86. The van der Waals surface area contributed by atoms with Crippen molar-refractivity contribution in [3.63, 3.8) is 0 Å². The van der Waals surface area contributed by atoms with Crippen molar-refractivity contribution in [1.82, 2.24) is 5.06 Å².